The number of aryl methyl sites for hydroxylation is 1. The molecule has 0 bridgehead atoms. The van der Waals surface area contributed by atoms with Crippen LogP contribution in [-0.4, -0.2) is 54.0 Å². The molecule has 1 aromatic heterocycles. The summed E-state index contributed by atoms with van der Waals surface area (Å²) in [6, 6.07) is 13.4. The zero-order chi connectivity index (χ0) is 19.7. The fraction of sp³-hybridized carbons (Fsp3) is 0.286. The lowest BCUT2D eigenvalue weighted by molar-refractivity contribution is -0.880. The van der Waals surface area contributed by atoms with Crippen LogP contribution in [0.1, 0.15) is 21.6 Å². The van der Waals surface area contributed by atoms with Crippen molar-refractivity contribution in [2.24, 2.45) is 0 Å². The van der Waals surface area contributed by atoms with Crippen molar-refractivity contribution in [2.75, 3.05) is 38.1 Å². The Kier molecular flexibility index (Phi) is 5.15. The highest BCUT2D eigenvalue weighted by atomic mass is 35.5. The summed E-state index contributed by atoms with van der Waals surface area (Å²) in [7, 11) is 2.22. The molecule has 0 spiro atoms. The van der Waals surface area contributed by atoms with Gasteiger partial charge < -0.3 is 9.80 Å². The Morgan fingerprint density at radius 1 is 1.07 bits per heavy atom. The molecule has 2 aromatic carbocycles. The second-order valence-electron chi connectivity index (χ2n) is 7.30. The zero-order valence-electron chi connectivity index (χ0n) is 16.0. The summed E-state index contributed by atoms with van der Waals surface area (Å²) < 4.78 is 1.57. The van der Waals surface area contributed by atoms with Crippen molar-refractivity contribution in [1.29, 1.82) is 0 Å². The van der Waals surface area contributed by atoms with Crippen molar-refractivity contribution >= 4 is 23.1 Å². The number of carbonyl (C=O) groups is 1. The first-order chi connectivity index (χ1) is 13.5. The third-order valence-electron chi connectivity index (χ3n) is 5.26. The van der Waals surface area contributed by atoms with E-state index in [4.69, 9.17) is 11.6 Å². The molecule has 4 rings (SSSR count). The monoisotopic (exact) mass is 396 g/mol. The highest BCUT2D eigenvalue weighted by Crippen LogP contribution is 2.20. The van der Waals surface area contributed by atoms with Gasteiger partial charge in [-0.25, -0.2) is 4.68 Å². The van der Waals surface area contributed by atoms with Gasteiger partial charge in [-0.2, -0.15) is 0 Å². The number of piperazine rings is 1. The normalized spacial score (nSPS) is 15.0. The second-order valence-corrected chi connectivity index (χ2v) is 7.71. The summed E-state index contributed by atoms with van der Waals surface area (Å²) in [4.78, 5) is 16.7. The molecule has 0 amide bonds. The van der Waals surface area contributed by atoms with Gasteiger partial charge in [-0.3, -0.25) is 4.79 Å². The molecule has 0 radical (unpaired) electrons. The van der Waals surface area contributed by atoms with E-state index in [2.05, 4.69) is 22.3 Å². The topological polar surface area (TPSA) is 55.5 Å². The van der Waals surface area contributed by atoms with E-state index in [1.807, 2.05) is 49.4 Å². The first kappa shape index (κ1) is 18.7. The van der Waals surface area contributed by atoms with Crippen LogP contribution in [0.15, 0.2) is 48.7 Å². The summed E-state index contributed by atoms with van der Waals surface area (Å²) in [5, 5.41) is 8.78. The average molecular weight is 397 g/mol. The Labute approximate surface area is 169 Å². The number of likely N-dealkylation sites (N-methyl/N-ethyl adjacent to an activating group) is 1. The predicted molar refractivity (Wildman–Crippen MR) is 110 cm³/mol. The van der Waals surface area contributed by atoms with Crippen LogP contribution in [0.4, 0.5) is 5.69 Å². The van der Waals surface area contributed by atoms with Crippen LogP contribution in [0.5, 0.6) is 0 Å². The minimum absolute atomic E-state index is 0.140. The molecule has 0 unspecified atom stereocenters. The largest absolute Gasteiger partial charge is 0.360 e. The zero-order valence-corrected chi connectivity index (χ0v) is 16.8. The third-order valence-corrected chi connectivity index (χ3v) is 5.66. The van der Waals surface area contributed by atoms with Gasteiger partial charge in [-0.1, -0.05) is 22.9 Å². The van der Waals surface area contributed by atoms with E-state index in [1.54, 1.807) is 15.8 Å². The molecule has 1 aliphatic rings. The van der Waals surface area contributed by atoms with Crippen molar-refractivity contribution in [3.63, 3.8) is 0 Å². The van der Waals surface area contributed by atoms with Crippen molar-refractivity contribution in [2.45, 2.75) is 6.92 Å². The molecular formula is C21H23ClN5O+. The van der Waals surface area contributed by atoms with Crippen LogP contribution in [-0.2, 0) is 0 Å². The minimum atomic E-state index is -0.140. The molecule has 0 atom stereocenters. The molecule has 1 fully saturated rings. The number of benzene rings is 2. The quantitative estimate of drug-likeness (QED) is 0.683. The number of ketones is 1. The van der Waals surface area contributed by atoms with E-state index in [0.717, 1.165) is 43.1 Å². The van der Waals surface area contributed by atoms with Gasteiger partial charge in [-0.15, -0.1) is 5.10 Å². The van der Waals surface area contributed by atoms with Gasteiger partial charge >= 0.3 is 0 Å². The Morgan fingerprint density at radius 2 is 1.75 bits per heavy atom. The minimum Gasteiger partial charge on any atom is -0.360 e. The molecule has 1 aliphatic heterocycles. The Bertz CT molecular complexity index is 990. The Balaban J connectivity index is 1.50. The van der Waals surface area contributed by atoms with Crippen LogP contribution < -0.4 is 9.80 Å². The molecule has 1 saturated heterocycles. The first-order valence-corrected chi connectivity index (χ1v) is 9.79. The van der Waals surface area contributed by atoms with Crippen molar-refractivity contribution in [3.8, 4) is 5.69 Å². The number of hydrogen-bond acceptors (Lipinski definition) is 4. The average Bonchev–Trinajstić information content (AvgIpc) is 3.20. The summed E-state index contributed by atoms with van der Waals surface area (Å²) in [5.74, 6) is -0.140. The van der Waals surface area contributed by atoms with E-state index in [-0.39, 0.29) is 5.78 Å². The number of carbonyl (C=O) groups excluding carboxylic acids is 1. The number of aromatic nitrogens is 3. The number of nitrogens with zero attached hydrogens (tertiary/aromatic N) is 4. The van der Waals surface area contributed by atoms with Gasteiger partial charge in [0.15, 0.2) is 5.69 Å². The van der Waals surface area contributed by atoms with E-state index in [9.17, 15) is 4.79 Å². The van der Waals surface area contributed by atoms with Crippen molar-refractivity contribution < 1.29 is 9.69 Å². The van der Waals surface area contributed by atoms with Crippen LogP contribution in [0.2, 0.25) is 5.02 Å². The molecule has 0 aliphatic carbocycles. The van der Waals surface area contributed by atoms with Crippen LogP contribution in [0.25, 0.3) is 5.69 Å². The summed E-state index contributed by atoms with van der Waals surface area (Å²) >= 11 is 6.18. The maximum absolute atomic E-state index is 12.8. The third kappa shape index (κ3) is 3.79. The first-order valence-electron chi connectivity index (χ1n) is 9.41. The van der Waals surface area contributed by atoms with Gasteiger partial charge in [0.2, 0.25) is 5.78 Å². The van der Waals surface area contributed by atoms with Crippen molar-refractivity contribution in [3.05, 3.63) is 70.5 Å². The number of nitrogens with one attached hydrogen (secondary N) is 1. The number of rotatable bonds is 4. The van der Waals surface area contributed by atoms with Gasteiger partial charge in [0.25, 0.3) is 0 Å². The maximum atomic E-state index is 12.8. The molecule has 0 saturated carbocycles. The lowest BCUT2D eigenvalue weighted by atomic mass is 10.1. The van der Waals surface area contributed by atoms with E-state index < -0.39 is 0 Å². The molecule has 144 valence electrons. The molecule has 7 heteroatoms. The standard InChI is InChI=1S/C21H22ClN5O/c1-15-3-6-18(13-19(15)22)27-14-20(23-24-27)21(28)16-4-7-17(8-5-16)26-11-9-25(2)10-12-26/h3-8,13-14H,9-12H2,1-2H3/p+1. The van der Waals surface area contributed by atoms with Gasteiger partial charge in [-0.05, 0) is 48.9 Å². The van der Waals surface area contributed by atoms with Crippen molar-refractivity contribution in [1.82, 2.24) is 15.0 Å². The molecule has 28 heavy (non-hydrogen) atoms. The summed E-state index contributed by atoms with van der Waals surface area (Å²) in [6.07, 6.45) is 1.64. The fourth-order valence-electron chi connectivity index (χ4n) is 3.34. The maximum Gasteiger partial charge on any atom is 0.214 e. The number of halogens is 1. The Hall–Kier alpha value is -2.70. The second kappa shape index (κ2) is 7.73. The number of quaternary nitrogens is 1. The molecule has 3 aromatic rings. The van der Waals surface area contributed by atoms with E-state index in [1.165, 1.54) is 0 Å². The van der Waals surface area contributed by atoms with E-state index in [0.29, 0.717) is 16.3 Å². The highest BCUT2D eigenvalue weighted by Gasteiger charge is 2.18. The summed E-state index contributed by atoms with van der Waals surface area (Å²) in [5.41, 5.74) is 3.84. The fourth-order valence-corrected chi connectivity index (χ4v) is 3.51. The lowest BCUT2D eigenvalue weighted by Gasteiger charge is -2.31. The lowest BCUT2D eigenvalue weighted by Crippen LogP contribution is -3.12. The molecular weight excluding hydrogens is 374 g/mol. The molecule has 2 heterocycles. The Morgan fingerprint density at radius 3 is 2.43 bits per heavy atom. The van der Waals surface area contributed by atoms with Crippen LogP contribution in [0, 0.1) is 6.92 Å². The van der Waals surface area contributed by atoms with Crippen LogP contribution in [0.3, 0.4) is 0 Å². The predicted octanol–water partition coefficient (Wildman–Crippen LogP) is 1.79. The van der Waals surface area contributed by atoms with Crippen LogP contribution >= 0.6 is 11.6 Å². The van der Waals surface area contributed by atoms with E-state index >= 15 is 0 Å². The number of hydrogen-bond donors (Lipinski definition) is 1. The smallest absolute Gasteiger partial charge is 0.214 e. The number of anilines is 1. The van der Waals surface area contributed by atoms with Gasteiger partial charge in [0.1, 0.15) is 0 Å². The molecule has 1 N–H and O–H groups in total. The SMILES string of the molecule is Cc1ccc(-n2cc(C(=O)c3ccc(N4CC[NH+](C)CC4)cc3)nn2)cc1Cl. The summed E-state index contributed by atoms with van der Waals surface area (Å²) in [6.45, 7) is 6.27. The molecule has 6 nitrogen and oxygen atoms in total. The van der Waals surface area contributed by atoms with Gasteiger partial charge in [0.05, 0.1) is 45.1 Å². The van der Waals surface area contributed by atoms with Gasteiger partial charge in [0, 0.05) is 16.3 Å². The highest BCUT2D eigenvalue weighted by molar-refractivity contribution is 6.31.